The molecular weight excluding hydrogens is 544 g/mol. The first-order valence-corrected chi connectivity index (χ1v) is 15.3. The molecule has 0 aliphatic carbocycles. The van der Waals surface area contributed by atoms with Gasteiger partial charge in [-0.1, -0.05) is 157 Å². The van der Waals surface area contributed by atoms with Crippen LogP contribution in [0.5, 0.6) is 0 Å². The molecule has 0 unspecified atom stereocenters. The van der Waals surface area contributed by atoms with E-state index in [0.29, 0.717) is 0 Å². The fourth-order valence-electron chi connectivity index (χ4n) is 6.51. The Morgan fingerprint density at radius 1 is 0.378 bits per heavy atom. The molecule has 7 aromatic carbocycles. The molecule has 0 radical (unpaired) electrons. The predicted octanol–water partition coefficient (Wildman–Crippen LogP) is 11.4. The van der Waals surface area contributed by atoms with Gasteiger partial charge < -0.3 is 0 Å². The topological polar surface area (TPSA) is 25.8 Å². The Balaban J connectivity index is 1.50. The number of aryl methyl sites for hydroxylation is 1. The fraction of sp³-hybridized carbons (Fsp3) is 0.0233. The van der Waals surface area contributed by atoms with Crippen molar-refractivity contribution in [2.75, 3.05) is 0 Å². The molecule has 0 bridgehead atoms. The molecule has 0 saturated heterocycles. The van der Waals surface area contributed by atoms with Gasteiger partial charge >= 0.3 is 0 Å². The van der Waals surface area contributed by atoms with Crippen LogP contribution in [0.3, 0.4) is 0 Å². The molecule has 0 saturated carbocycles. The summed E-state index contributed by atoms with van der Waals surface area (Å²) in [5, 5.41) is 4.74. The van der Waals surface area contributed by atoms with Crippen molar-refractivity contribution < 1.29 is 0 Å². The Labute approximate surface area is 263 Å². The molecular formula is C43H30N2. The Kier molecular flexibility index (Phi) is 6.73. The average molecular weight is 575 g/mol. The van der Waals surface area contributed by atoms with Crippen molar-refractivity contribution in [2.24, 2.45) is 0 Å². The van der Waals surface area contributed by atoms with Crippen molar-refractivity contribution in [1.29, 1.82) is 0 Å². The maximum absolute atomic E-state index is 5.27. The van der Waals surface area contributed by atoms with Crippen molar-refractivity contribution in [3.8, 4) is 56.2 Å². The number of nitrogens with zero attached hydrogens (tertiary/aromatic N) is 2. The zero-order valence-electron chi connectivity index (χ0n) is 25.0. The Hall–Kier alpha value is -5.86. The highest BCUT2D eigenvalue weighted by molar-refractivity contribution is 6.24. The summed E-state index contributed by atoms with van der Waals surface area (Å²) in [7, 11) is 0. The second-order valence-corrected chi connectivity index (χ2v) is 11.5. The third-order valence-corrected chi connectivity index (χ3v) is 8.52. The van der Waals surface area contributed by atoms with E-state index < -0.39 is 0 Å². The van der Waals surface area contributed by atoms with E-state index in [0.717, 1.165) is 39.3 Å². The molecule has 0 N–H and O–H groups in total. The van der Waals surface area contributed by atoms with Crippen LogP contribution in [0.25, 0.3) is 77.7 Å². The Morgan fingerprint density at radius 2 is 0.867 bits per heavy atom. The van der Waals surface area contributed by atoms with Gasteiger partial charge in [0.15, 0.2) is 5.82 Å². The van der Waals surface area contributed by atoms with Crippen molar-refractivity contribution in [1.82, 2.24) is 9.97 Å². The molecule has 0 aliphatic rings. The summed E-state index contributed by atoms with van der Waals surface area (Å²) in [6.45, 7) is 2.12. The van der Waals surface area contributed by atoms with Gasteiger partial charge in [0, 0.05) is 22.1 Å². The first-order valence-electron chi connectivity index (χ1n) is 15.3. The zero-order valence-corrected chi connectivity index (χ0v) is 25.0. The van der Waals surface area contributed by atoms with Crippen LogP contribution in [0.1, 0.15) is 5.56 Å². The fourth-order valence-corrected chi connectivity index (χ4v) is 6.51. The molecule has 1 heterocycles. The lowest BCUT2D eigenvalue weighted by molar-refractivity contribution is 1.19. The van der Waals surface area contributed by atoms with E-state index in [1.807, 2.05) is 6.07 Å². The third-order valence-electron chi connectivity index (χ3n) is 8.52. The van der Waals surface area contributed by atoms with E-state index >= 15 is 0 Å². The van der Waals surface area contributed by atoms with Gasteiger partial charge in [-0.3, -0.25) is 0 Å². The van der Waals surface area contributed by atoms with Crippen molar-refractivity contribution >= 4 is 21.5 Å². The minimum atomic E-state index is 0.718. The van der Waals surface area contributed by atoms with Gasteiger partial charge in [0.05, 0.1) is 11.4 Å². The van der Waals surface area contributed by atoms with E-state index in [2.05, 4.69) is 165 Å². The lowest BCUT2D eigenvalue weighted by atomic mass is 9.83. The summed E-state index contributed by atoms with van der Waals surface area (Å²) in [5.41, 5.74) is 11.0. The van der Waals surface area contributed by atoms with Crippen LogP contribution in [0, 0.1) is 6.92 Å². The summed E-state index contributed by atoms with van der Waals surface area (Å²) >= 11 is 0. The summed E-state index contributed by atoms with van der Waals surface area (Å²) in [4.78, 5) is 10.5. The Bertz CT molecular complexity index is 2310. The van der Waals surface area contributed by atoms with Crippen molar-refractivity contribution in [3.05, 3.63) is 169 Å². The summed E-state index contributed by atoms with van der Waals surface area (Å²) < 4.78 is 0. The Morgan fingerprint density at radius 3 is 1.51 bits per heavy atom. The number of aromatic nitrogens is 2. The lowest BCUT2D eigenvalue weighted by Gasteiger charge is -2.20. The number of benzene rings is 7. The minimum Gasteiger partial charge on any atom is -0.228 e. The van der Waals surface area contributed by atoms with E-state index in [4.69, 9.17) is 9.97 Å². The van der Waals surface area contributed by atoms with Crippen LogP contribution in [0.15, 0.2) is 164 Å². The van der Waals surface area contributed by atoms with Crippen molar-refractivity contribution in [2.45, 2.75) is 6.92 Å². The van der Waals surface area contributed by atoms with Crippen LogP contribution >= 0.6 is 0 Å². The second-order valence-electron chi connectivity index (χ2n) is 11.5. The van der Waals surface area contributed by atoms with Crippen LogP contribution in [0.4, 0.5) is 0 Å². The van der Waals surface area contributed by atoms with E-state index in [1.54, 1.807) is 0 Å². The molecule has 0 spiro atoms. The standard InChI is InChI=1S/C43H30N2/c1-29-15-13-22-33(27-29)39-28-38(30-16-5-2-6-17-30)44-43(45-39)37-26-14-25-36-41(32-20-9-4-10-21-32)40(31-18-7-3-8-19-31)34-23-11-12-24-35(34)42(36)37/h2-28H,1H3. The highest BCUT2D eigenvalue weighted by atomic mass is 14.9. The molecule has 0 aliphatic heterocycles. The lowest BCUT2D eigenvalue weighted by Crippen LogP contribution is -1.98. The highest BCUT2D eigenvalue weighted by Crippen LogP contribution is 2.46. The molecule has 0 amide bonds. The smallest absolute Gasteiger partial charge is 0.161 e. The van der Waals surface area contributed by atoms with Crippen LogP contribution in [-0.4, -0.2) is 9.97 Å². The maximum Gasteiger partial charge on any atom is 0.161 e. The maximum atomic E-state index is 5.27. The van der Waals surface area contributed by atoms with Crippen LogP contribution in [-0.2, 0) is 0 Å². The molecule has 8 rings (SSSR count). The second kappa shape index (κ2) is 11.3. The molecule has 2 nitrogen and oxygen atoms in total. The SMILES string of the molecule is Cc1cccc(-c2cc(-c3ccccc3)nc(-c3cccc4c(-c5ccccc5)c(-c5ccccc5)c5ccccc5c34)n2)c1. The normalized spacial score (nSPS) is 11.2. The quantitative estimate of drug-likeness (QED) is 0.191. The third kappa shape index (κ3) is 4.87. The van der Waals surface area contributed by atoms with Crippen LogP contribution in [0.2, 0.25) is 0 Å². The van der Waals surface area contributed by atoms with Crippen LogP contribution < -0.4 is 0 Å². The number of rotatable bonds is 5. The molecule has 45 heavy (non-hydrogen) atoms. The van der Waals surface area contributed by atoms with Gasteiger partial charge in [0.1, 0.15) is 0 Å². The molecule has 2 heteroatoms. The van der Waals surface area contributed by atoms with E-state index in [1.165, 1.54) is 44.0 Å². The van der Waals surface area contributed by atoms with Gasteiger partial charge in [-0.05, 0) is 57.5 Å². The van der Waals surface area contributed by atoms with Gasteiger partial charge in [0.2, 0.25) is 0 Å². The summed E-state index contributed by atoms with van der Waals surface area (Å²) in [5.74, 6) is 0.718. The molecule has 0 atom stereocenters. The van der Waals surface area contributed by atoms with Gasteiger partial charge in [-0.15, -0.1) is 0 Å². The zero-order chi connectivity index (χ0) is 30.2. The number of hydrogen-bond donors (Lipinski definition) is 0. The summed E-state index contributed by atoms with van der Waals surface area (Å²) in [6.07, 6.45) is 0. The molecule has 8 aromatic rings. The van der Waals surface area contributed by atoms with E-state index in [9.17, 15) is 0 Å². The van der Waals surface area contributed by atoms with E-state index in [-0.39, 0.29) is 0 Å². The molecule has 1 aromatic heterocycles. The first-order chi connectivity index (χ1) is 22.2. The first kappa shape index (κ1) is 26.7. The summed E-state index contributed by atoms with van der Waals surface area (Å²) in [6, 6.07) is 57.9. The molecule has 0 fully saturated rings. The minimum absolute atomic E-state index is 0.718. The van der Waals surface area contributed by atoms with Gasteiger partial charge in [0.25, 0.3) is 0 Å². The highest BCUT2D eigenvalue weighted by Gasteiger charge is 2.21. The van der Waals surface area contributed by atoms with Crippen molar-refractivity contribution in [3.63, 3.8) is 0 Å². The number of fused-ring (bicyclic) bond motifs is 3. The largest absolute Gasteiger partial charge is 0.228 e. The number of hydrogen-bond acceptors (Lipinski definition) is 2. The van der Waals surface area contributed by atoms with Gasteiger partial charge in [-0.25, -0.2) is 9.97 Å². The monoisotopic (exact) mass is 574 g/mol. The average Bonchev–Trinajstić information content (AvgIpc) is 3.11. The molecule has 212 valence electrons. The van der Waals surface area contributed by atoms with Gasteiger partial charge in [-0.2, -0.15) is 0 Å². The predicted molar refractivity (Wildman–Crippen MR) is 189 cm³/mol.